The lowest BCUT2D eigenvalue weighted by Gasteiger charge is -2.15. The zero-order chi connectivity index (χ0) is 23.3. The molecule has 11 heteroatoms. The fourth-order valence-electron chi connectivity index (χ4n) is 2.84. The fourth-order valence-corrected chi connectivity index (χ4v) is 3.77. The van der Waals surface area contributed by atoms with Gasteiger partial charge < -0.3 is 24.1 Å². The largest absolute Gasteiger partial charge is 0.497 e. The van der Waals surface area contributed by atoms with E-state index >= 15 is 0 Å². The molecule has 1 atom stereocenters. The van der Waals surface area contributed by atoms with Crippen molar-refractivity contribution < 1.29 is 23.4 Å². The van der Waals surface area contributed by atoms with Gasteiger partial charge in [0.15, 0.2) is 17.1 Å². The van der Waals surface area contributed by atoms with Crippen molar-refractivity contribution in [1.82, 2.24) is 14.8 Å². The predicted molar refractivity (Wildman–Crippen MR) is 120 cm³/mol. The molecule has 2 aromatic carbocycles. The second-order valence-corrected chi connectivity index (χ2v) is 7.99. The van der Waals surface area contributed by atoms with Gasteiger partial charge in [-0.3, -0.25) is 4.79 Å². The summed E-state index contributed by atoms with van der Waals surface area (Å²) in [6.07, 6.45) is -0.498. The SMILES string of the molecule is COc1ccc(NC(=O)CSc2nnc(C(C)Oc3ccc(F)cc3Cl)n2C)c(OC)c1. The number of rotatable bonds is 9. The zero-order valence-corrected chi connectivity index (χ0v) is 19.5. The van der Waals surface area contributed by atoms with Gasteiger partial charge in [0.2, 0.25) is 5.91 Å². The molecule has 1 unspecified atom stereocenters. The quantitative estimate of drug-likeness (QED) is 0.451. The van der Waals surface area contributed by atoms with Crippen LogP contribution in [0.15, 0.2) is 41.6 Å². The van der Waals surface area contributed by atoms with Gasteiger partial charge in [0.25, 0.3) is 0 Å². The summed E-state index contributed by atoms with van der Waals surface area (Å²) < 4.78 is 31.2. The van der Waals surface area contributed by atoms with E-state index in [2.05, 4.69) is 15.5 Å². The van der Waals surface area contributed by atoms with Gasteiger partial charge in [-0.2, -0.15) is 0 Å². The van der Waals surface area contributed by atoms with Crippen molar-refractivity contribution in [2.75, 3.05) is 25.3 Å². The molecular weight excluding hydrogens is 459 g/mol. The van der Waals surface area contributed by atoms with Crippen molar-refractivity contribution in [2.24, 2.45) is 7.05 Å². The first-order valence-electron chi connectivity index (χ1n) is 9.48. The number of halogens is 2. The molecule has 0 aliphatic rings. The number of thioether (sulfide) groups is 1. The third-order valence-electron chi connectivity index (χ3n) is 4.45. The summed E-state index contributed by atoms with van der Waals surface area (Å²) in [6.45, 7) is 1.78. The van der Waals surface area contributed by atoms with Gasteiger partial charge in [0.05, 0.1) is 30.7 Å². The average Bonchev–Trinajstić information content (AvgIpc) is 3.14. The molecule has 0 bridgehead atoms. The van der Waals surface area contributed by atoms with Crippen molar-refractivity contribution >= 4 is 35.0 Å². The third-order valence-corrected chi connectivity index (χ3v) is 5.76. The lowest BCUT2D eigenvalue weighted by atomic mass is 10.2. The highest BCUT2D eigenvalue weighted by Crippen LogP contribution is 2.31. The van der Waals surface area contributed by atoms with Crippen molar-refractivity contribution in [3.05, 3.63) is 53.1 Å². The molecular formula is C21H22ClFN4O4S. The minimum Gasteiger partial charge on any atom is -0.497 e. The number of carbonyl (C=O) groups is 1. The highest BCUT2D eigenvalue weighted by Gasteiger charge is 2.19. The number of carbonyl (C=O) groups excluding carboxylic acids is 1. The van der Waals surface area contributed by atoms with E-state index < -0.39 is 11.9 Å². The summed E-state index contributed by atoms with van der Waals surface area (Å²) in [5.74, 6) is 1.42. The van der Waals surface area contributed by atoms with E-state index in [-0.39, 0.29) is 16.7 Å². The first-order valence-corrected chi connectivity index (χ1v) is 10.8. The summed E-state index contributed by atoms with van der Waals surface area (Å²) >= 11 is 7.25. The van der Waals surface area contributed by atoms with Gasteiger partial charge >= 0.3 is 0 Å². The molecule has 1 aromatic heterocycles. The molecule has 0 fully saturated rings. The topological polar surface area (TPSA) is 87.5 Å². The maximum atomic E-state index is 13.2. The number of benzene rings is 2. The molecule has 3 aromatic rings. The lowest BCUT2D eigenvalue weighted by Crippen LogP contribution is -2.15. The third kappa shape index (κ3) is 5.63. The highest BCUT2D eigenvalue weighted by molar-refractivity contribution is 7.99. The van der Waals surface area contributed by atoms with Crippen LogP contribution in [0.3, 0.4) is 0 Å². The molecule has 1 heterocycles. The van der Waals surface area contributed by atoms with Gasteiger partial charge in [-0.05, 0) is 37.3 Å². The molecule has 0 aliphatic heterocycles. The van der Waals surface area contributed by atoms with Gasteiger partial charge in [-0.1, -0.05) is 23.4 Å². The first-order chi connectivity index (χ1) is 15.3. The molecule has 0 radical (unpaired) electrons. The van der Waals surface area contributed by atoms with E-state index in [9.17, 15) is 9.18 Å². The molecule has 0 aliphatic carbocycles. The maximum absolute atomic E-state index is 13.2. The molecule has 0 saturated carbocycles. The van der Waals surface area contributed by atoms with E-state index in [0.29, 0.717) is 33.9 Å². The molecule has 1 N–H and O–H groups in total. The second-order valence-electron chi connectivity index (χ2n) is 6.64. The Hall–Kier alpha value is -2.98. The number of anilines is 1. The predicted octanol–water partition coefficient (Wildman–Crippen LogP) is 4.50. The summed E-state index contributed by atoms with van der Waals surface area (Å²) in [6, 6.07) is 9.03. The van der Waals surface area contributed by atoms with Gasteiger partial charge in [0.1, 0.15) is 23.1 Å². The van der Waals surface area contributed by atoms with Gasteiger partial charge in [-0.15, -0.1) is 10.2 Å². The number of nitrogens with zero attached hydrogens (tertiary/aromatic N) is 3. The summed E-state index contributed by atoms with van der Waals surface area (Å²) in [7, 11) is 4.84. The summed E-state index contributed by atoms with van der Waals surface area (Å²) in [4.78, 5) is 12.4. The van der Waals surface area contributed by atoms with E-state index in [1.807, 2.05) is 0 Å². The molecule has 170 valence electrons. The Kier molecular flexibility index (Phi) is 7.81. The van der Waals surface area contributed by atoms with Crippen LogP contribution in [0.5, 0.6) is 17.2 Å². The van der Waals surface area contributed by atoms with Crippen LogP contribution in [0.25, 0.3) is 0 Å². The first kappa shape index (κ1) is 23.7. The van der Waals surface area contributed by atoms with Crippen molar-refractivity contribution in [3.63, 3.8) is 0 Å². The summed E-state index contributed by atoms with van der Waals surface area (Å²) in [5.41, 5.74) is 0.538. The fraction of sp³-hybridized carbons (Fsp3) is 0.286. The number of hydrogen-bond acceptors (Lipinski definition) is 7. The lowest BCUT2D eigenvalue weighted by molar-refractivity contribution is -0.113. The number of ether oxygens (including phenoxy) is 3. The van der Waals surface area contributed by atoms with Crippen LogP contribution in [-0.4, -0.2) is 40.6 Å². The van der Waals surface area contributed by atoms with E-state index in [4.69, 9.17) is 25.8 Å². The standard InChI is InChI=1S/C21H22ClFN4O4S/c1-12(31-17-8-5-13(23)9-15(17)22)20-25-26-21(27(20)2)32-11-19(28)24-16-7-6-14(29-3)10-18(16)30-4/h5-10,12H,11H2,1-4H3,(H,24,28). The van der Waals surface area contributed by atoms with E-state index in [1.54, 1.807) is 43.8 Å². The smallest absolute Gasteiger partial charge is 0.234 e. The van der Waals surface area contributed by atoms with Crippen molar-refractivity contribution in [2.45, 2.75) is 18.2 Å². The minimum atomic E-state index is -0.498. The Bertz CT molecular complexity index is 1110. The number of amides is 1. The number of nitrogens with one attached hydrogen (secondary N) is 1. The van der Waals surface area contributed by atoms with E-state index in [1.165, 1.54) is 37.1 Å². The van der Waals surface area contributed by atoms with Crippen LogP contribution in [0.4, 0.5) is 10.1 Å². The Morgan fingerprint density at radius 2 is 1.97 bits per heavy atom. The van der Waals surface area contributed by atoms with Crippen LogP contribution in [-0.2, 0) is 11.8 Å². The van der Waals surface area contributed by atoms with Crippen molar-refractivity contribution in [1.29, 1.82) is 0 Å². The van der Waals surface area contributed by atoms with E-state index in [0.717, 1.165) is 0 Å². The highest BCUT2D eigenvalue weighted by atomic mass is 35.5. The molecule has 0 spiro atoms. The monoisotopic (exact) mass is 480 g/mol. The second kappa shape index (κ2) is 10.6. The Morgan fingerprint density at radius 1 is 1.19 bits per heavy atom. The zero-order valence-electron chi connectivity index (χ0n) is 17.9. The van der Waals surface area contributed by atoms with Crippen LogP contribution < -0.4 is 19.5 Å². The molecule has 0 saturated heterocycles. The number of hydrogen-bond donors (Lipinski definition) is 1. The Morgan fingerprint density at radius 3 is 2.66 bits per heavy atom. The average molecular weight is 481 g/mol. The summed E-state index contributed by atoms with van der Waals surface area (Å²) in [5, 5.41) is 11.8. The normalized spacial score (nSPS) is 11.7. The molecule has 1 amide bonds. The minimum absolute atomic E-state index is 0.111. The van der Waals surface area contributed by atoms with Crippen LogP contribution in [0.2, 0.25) is 5.02 Å². The molecule has 32 heavy (non-hydrogen) atoms. The van der Waals surface area contributed by atoms with Crippen LogP contribution in [0, 0.1) is 5.82 Å². The van der Waals surface area contributed by atoms with Crippen LogP contribution in [0.1, 0.15) is 18.9 Å². The Labute approximate surface area is 194 Å². The molecule has 8 nitrogen and oxygen atoms in total. The number of methoxy groups -OCH3 is 2. The van der Waals surface area contributed by atoms with Gasteiger partial charge in [0, 0.05) is 13.1 Å². The van der Waals surface area contributed by atoms with Crippen LogP contribution >= 0.6 is 23.4 Å². The maximum Gasteiger partial charge on any atom is 0.234 e. The molecule has 3 rings (SSSR count). The number of aromatic nitrogens is 3. The van der Waals surface area contributed by atoms with Gasteiger partial charge in [-0.25, -0.2) is 4.39 Å². The Balaban J connectivity index is 1.61. The van der Waals surface area contributed by atoms with Crippen molar-refractivity contribution in [3.8, 4) is 17.2 Å².